The highest BCUT2D eigenvalue weighted by atomic mass is 19.2. The second kappa shape index (κ2) is 5.75. The molecule has 0 aliphatic heterocycles. The van der Waals surface area contributed by atoms with Crippen LogP contribution >= 0.6 is 0 Å². The van der Waals surface area contributed by atoms with Gasteiger partial charge in [-0.2, -0.15) is 0 Å². The van der Waals surface area contributed by atoms with Crippen molar-refractivity contribution in [3.8, 4) is 0 Å². The van der Waals surface area contributed by atoms with E-state index in [1.807, 2.05) is 27.7 Å². The molecule has 20 heavy (non-hydrogen) atoms. The van der Waals surface area contributed by atoms with Crippen LogP contribution in [0.5, 0.6) is 0 Å². The van der Waals surface area contributed by atoms with Gasteiger partial charge in [0.2, 0.25) is 0 Å². The van der Waals surface area contributed by atoms with E-state index in [1.54, 1.807) is 6.07 Å². The molecule has 0 aliphatic rings. The van der Waals surface area contributed by atoms with Gasteiger partial charge in [-0.25, -0.2) is 8.78 Å². The highest BCUT2D eigenvalue weighted by molar-refractivity contribution is 5.41. The van der Waals surface area contributed by atoms with Crippen LogP contribution in [0.4, 0.5) is 8.78 Å². The van der Waals surface area contributed by atoms with E-state index in [4.69, 9.17) is 4.42 Å². The normalized spacial score (nSPS) is 12.7. The minimum Gasteiger partial charge on any atom is -0.466 e. The van der Waals surface area contributed by atoms with Crippen LogP contribution in [-0.4, -0.2) is 6.54 Å². The molecule has 1 aromatic heterocycles. The van der Waals surface area contributed by atoms with Crippen molar-refractivity contribution in [2.75, 3.05) is 6.54 Å². The first-order valence-corrected chi connectivity index (χ1v) is 6.71. The summed E-state index contributed by atoms with van der Waals surface area (Å²) in [4.78, 5) is 0. The third kappa shape index (κ3) is 2.48. The Morgan fingerprint density at radius 1 is 1.15 bits per heavy atom. The molecule has 0 amide bonds. The number of hydrogen-bond acceptors (Lipinski definition) is 2. The maximum absolute atomic E-state index is 14.1. The number of rotatable bonds is 4. The number of nitrogens with one attached hydrogen (secondary N) is 1. The maximum Gasteiger partial charge on any atom is 0.163 e. The zero-order chi connectivity index (χ0) is 14.9. The molecular formula is C16H19F2NO. The molecule has 0 aliphatic carbocycles. The van der Waals surface area contributed by atoms with Gasteiger partial charge in [0.05, 0.1) is 6.04 Å². The molecule has 1 heterocycles. The highest BCUT2D eigenvalue weighted by Gasteiger charge is 2.25. The van der Waals surface area contributed by atoms with E-state index in [0.29, 0.717) is 12.1 Å². The third-order valence-corrected chi connectivity index (χ3v) is 3.61. The first-order chi connectivity index (χ1) is 9.47. The Hall–Kier alpha value is -1.68. The molecule has 1 aromatic carbocycles. The van der Waals surface area contributed by atoms with Crippen molar-refractivity contribution in [2.45, 2.75) is 33.7 Å². The van der Waals surface area contributed by atoms with Crippen LogP contribution in [0.15, 0.2) is 22.6 Å². The lowest BCUT2D eigenvalue weighted by Crippen LogP contribution is -2.24. The summed E-state index contributed by atoms with van der Waals surface area (Å²) >= 11 is 0. The Bertz CT molecular complexity index is 619. The summed E-state index contributed by atoms with van der Waals surface area (Å²) in [6.45, 7) is 8.22. The van der Waals surface area contributed by atoms with Crippen molar-refractivity contribution in [2.24, 2.45) is 0 Å². The fourth-order valence-corrected chi connectivity index (χ4v) is 2.55. The molecule has 0 spiro atoms. The largest absolute Gasteiger partial charge is 0.466 e. The van der Waals surface area contributed by atoms with Gasteiger partial charge in [-0.3, -0.25) is 0 Å². The molecule has 1 unspecified atom stereocenters. The van der Waals surface area contributed by atoms with Gasteiger partial charge in [0.25, 0.3) is 0 Å². The van der Waals surface area contributed by atoms with Crippen molar-refractivity contribution < 1.29 is 13.2 Å². The zero-order valence-electron chi connectivity index (χ0n) is 12.2. The van der Waals surface area contributed by atoms with Gasteiger partial charge < -0.3 is 9.73 Å². The molecule has 1 N–H and O–H groups in total. The smallest absolute Gasteiger partial charge is 0.163 e. The van der Waals surface area contributed by atoms with Gasteiger partial charge in [0.1, 0.15) is 11.5 Å². The van der Waals surface area contributed by atoms with E-state index in [9.17, 15) is 8.78 Å². The average Bonchev–Trinajstić information content (AvgIpc) is 2.65. The van der Waals surface area contributed by atoms with Gasteiger partial charge in [-0.1, -0.05) is 19.1 Å². The summed E-state index contributed by atoms with van der Waals surface area (Å²) in [5, 5.41) is 3.21. The highest BCUT2D eigenvalue weighted by Crippen LogP contribution is 2.33. The molecule has 4 heteroatoms. The molecule has 0 bridgehead atoms. The Morgan fingerprint density at radius 2 is 1.85 bits per heavy atom. The van der Waals surface area contributed by atoms with Gasteiger partial charge in [-0.15, -0.1) is 0 Å². The third-order valence-electron chi connectivity index (χ3n) is 3.61. The Morgan fingerprint density at radius 3 is 2.40 bits per heavy atom. The van der Waals surface area contributed by atoms with Gasteiger partial charge in [-0.05, 0) is 38.9 Å². The number of hydrogen-bond donors (Lipinski definition) is 1. The summed E-state index contributed by atoms with van der Waals surface area (Å²) in [5.41, 5.74) is 2.16. The molecule has 0 radical (unpaired) electrons. The van der Waals surface area contributed by atoms with Crippen LogP contribution in [0.1, 0.15) is 41.2 Å². The second-order valence-electron chi connectivity index (χ2n) is 4.89. The van der Waals surface area contributed by atoms with Crippen molar-refractivity contribution in [1.29, 1.82) is 0 Å². The maximum atomic E-state index is 14.1. The molecule has 1 atom stereocenters. The molecule has 0 fully saturated rings. The first kappa shape index (κ1) is 14.7. The summed E-state index contributed by atoms with van der Waals surface area (Å²) in [6.07, 6.45) is 0. The summed E-state index contributed by atoms with van der Waals surface area (Å²) in [6, 6.07) is 3.85. The Kier molecular flexibility index (Phi) is 4.23. The summed E-state index contributed by atoms with van der Waals surface area (Å²) in [7, 11) is 0. The van der Waals surface area contributed by atoms with Crippen LogP contribution < -0.4 is 5.32 Å². The van der Waals surface area contributed by atoms with Crippen molar-refractivity contribution in [3.05, 3.63) is 58.0 Å². The van der Waals surface area contributed by atoms with Crippen LogP contribution in [0.3, 0.4) is 0 Å². The Balaban J connectivity index is 2.59. The molecule has 108 valence electrons. The lowest BCUT2D eigenvalue weighted by Gasteiger charge is -2.20. The first-order valence-electron chi connectivity index (χ1n) is 6.71. The monoisotopic (exact) mass is 279 g/mol. The van der Waals surface area contributed by atoms with E-state index in [1.165, 1.54) is 6.07 Å². The Labute approximate surface area is 117 Å². The molecule has 2 aromatic rings. The number of furan rings is 1. The molecule has 2 nitrogen and oxygen atoms in total. The minimum atomic E-state index is -0.832. The predicted octanol–water partition coefficient (Wildman–Crippen LogP) is 4.18. The van der Waals surface area contributed by atoms with E-state index in [-0.39, 0.29) is 0 Å². The summed E-state index contributed by atoms with van der Waals surface area (Å²) in [5.74, 6) is -0.108. The summed E-state index contributed by atoms with van der Waals surface area (Å²) < 4.78 is 33.2. The molecule has 2 rings (SSSR count). The quantitative estimate of drug-likeness (QED) is 0.908. The van der Waals surface area contributed by atoms with Crippen LogP contribution in [0.25, 0.3) is 0 Å². The second-order valence-corrected chi connectivity index (χ2v) is 4.89. The fourth-order valence-electron chi connectivity index (χ4n) is 2.55. The lowest BCUT2D eigenvalue weighted by atomic mass is 9.95. The van der Waals surface area contributed by atoms with E-state index < -0.39 is 17.7 Å². The molecule has 0 saturated carbocycles. The lowest BCUT2D eigenvalue weighted by molar-refractivity contribution is 0.474. The topological polar surface area (TPSA) is 25.2 Å². The van der Waals surface area contributed by atoms with Crippen LogP contribution in [0.2, 0.25) is 0 Å². The van der Waals surface area contributed by atoms with Gasteiger partial charge >= 0.3 is 0 Å². The van der Waals surface area contributed by atoms with Gasteiger partial charge in [0, 0.05) is 11.1 Å². The van der Waals surface area contributed by atoms with Crippen molar-refractivity contribution >= 4 is 0 Å². The number of halogens is 2. The zero-order valence-corrected chi connectivity index (χ0v) is 12.2. The number of benzene rings is 1. The molecular weight excluding hydrogens is 260 g/mol. The predicted molar refractivity (Wildman–Crippen MR) is 74.8 cm³/mol. The number of aryl methyl sites for hydroxylation is 2. The van der Waals surface area contributed by atoms with E-state index >= 15 is 0 Å². The van der Waals surface area contributed by atoms with Crippen LogP contribution in [0, 0.1) is 32.4 Å². The average molecular weight is 279 g/mol. The molecule has 0 saturated heterocycles. The van der Waals surface area contributed by atoms with E-state index in [0.717, 1.165) is 28.7 Å². The fraction of sp³-hybridized carbons (Fsp3) is 0.375. The SMILES string of the molecule is CCNC(c1cccc(F)c1F)c1c(C)oc(C)c1C. The van der Waals surface area contributed by atoms with Crippen molar-refractivity contribution in [3.63, 3.8) is 0 Å². The van der Waals surface area contributed by atoms with Crippen molar-refractivity contribution in [1.82, 2.24) is 5.32 Å². The van der Waals surface area contributed by atoms with E-state index in [2.05, 4.69) is 5.32 Å². The minimum absolute atomic E-state index is 0.304. The van der Waals surface area contributed by atoms with Crippen LogP contribution in [-0.2, 0) is 0 Å². The standard InChI is InChI=1S/C16H19F2NO/c1-5-19-16(12-7-6-8-13(17)15(12)18)14-9(2)10(3)20-11(14)4/h6-8,16,19H,5H2,1-4H3. The van der Waals surface area contributed by atoms with Gasteiger partial charge in [0.15, 0.2) is 11.6 Å².